The molecule has 3 aliphatic rings. The molecule has 0 radical (unpaired) electrons. The second-order valence-corrected chi connectivity index (χ2v) is 6.11. The zero-order chi connectivity index (χ0) is 10.1. The summed E-state index contributed by atoms with van der Waals surface area (Å²) in [6.45, 7) is 0. The van der Waals surface area contributed by atoms with Crippen LogP contribution in [0.1, 0.15) is 0 Å². The Morgan fingerprint density at radius 2 is 2.07 bits per heavy atom. The van der Waals surface area contributed by atoms with Crippen molar-refractivity contribution in [3.63, 3.8) is 0 Å². The second-order valence-electron chi connectivity index (χ2n) is 3.95. The predicted molar refractivity (Wildman–Crippen MR) is 58.3 cm³/mol. The van der Waals surface area contributed by atoms with E-state index in [1.165, 1.54) is 0 Å². The van der Waals surface area contributed by atoms with E-state index in [4.69, 9.17) is 0 Å². The molecule has 0 amide bonds. The Morgan fingerprint density at radius 1 is 1.36 bits per heavy atom. The standard InChI is InChI=1S/C10H6Br2O2/c11-6-3-5-7(8(6)13)4-1-2-10(5,12)9(4)14/h1-5,7H. The van der Waals surface area contributed by atoms with Crippen molar-refractivity contribution >= 4 is 43.4 Å². The zero-order valence-corrected chi connectivity index (χ0v) is 10.2. The van der Waals surface area contributed by atoms with Gasteiger partial charge in [0.15, 0.2) is 11.6 Å². The maximum Gasteiger partial charge on any atom is 0.174 e. The molecule has 3 rings (SSSR count). The van der Waals surface area contributed by atoms with Crippen molar-refractivity contribution in [3.8, 4) is 0 Å². The number of fused-ring (bicyclic) bond motifs is 5. The van der Waals surface area contributed by atoms with Gasteiger partial charge in [-0.1, -0.05) is 34.2 Å². The van der Waals surface area contributed by atoms with Gasteiger partial charge in [0, 0.05) is 17.8 Å². The predicted octanol–water partition coefficient (Wildman–Crippen LogP) is 1.98. The first-order valence-corrected chi connectivity index (χ1v) is 5.98. The normalized spacial score (nSPS) is 48.7. The zero-order valence-electron chi connectivity index (χ0n) is 7.04. The van der Waals surface area contributed by atoms with E-state index < -0.39 is 4.32 Å². The van der Waals surface area contributed by atoms with E-state index in [1.807, 2.05) is 18.2 Å². The number of hydrogen-bond acceptors (Lipinski definition) is 2. The summed E-state index contributed by atoms with van der Waals surface area (Å²) >= 11 is 6.70. The van der Waals surface area contributed by atoms with E-state index in [1.54, 1.807) is 0 Å². The number of rotatable bonds is 0. The summed E-state index contributed by atoms with van der Waals surface area (Å²) in [7, 11) is 0. The third-order valence-corrected chi connectivity index (χ3v) is 5.19. The van der Waals surface area contributed by atoms with Crippen molar-refractivity contribution in [2.45, 2.75) is 4.32 Å². The van der Waals surface area contributed by atoms with Gasteiger partial charge in [0.2, 0.25) is 0 Å². The number of carbonyl (C=O) groups excluding carboxylic acids is 2. The minimum atomic E-state index is -0.604. The van der Waals surface area contributed by atoms with E-state index >= 15 is 0 Å². The lowest BCUT2D eigenvalue weighted by atomic mass is 9.85. The molecule has 1 fully saturated rings. The van der Waals surface area contributed by atoms with Crippen molar-refractivity contribution in [2.75, 3.05) is 0 Å². The van der Waals surface area contributed by atoms with Crippen molar-refractivity contribution < 1.29 is 9.59 Å². The molecular formula is C10H6Br2O2. The molecule has 72 valence electrons. The van der Waals surface area contributed by atoms with Gasteiger partial charge in [-0.25, -0.2) is 0 Å². The van der Waals surface area contributed by atoms with Crippen LogP contribution >= 0.6 is 31.9 Å². The van der Waals surface area contributed by atoms with E-state index in [2.05, 4.69) is 31.9 Å². The molecule has 0 aromatic heterocycles. The van der Waals surface area contributed by atoms with Crippen molar-refractivity contribution in [1.29, 1.82) is 0 Å². The average Bonchev–Trinajstić information content (AvgIpc) is 2.65. The number of halogens is 2. The number of Topliss-reactive ketones (excluding diaryl/α,β-unsaturated/α-hetero) is 2. The van der Waals surface area contributed by atoms with Crippen molar-refractivity contribution in [2.24, 2.45) is 17.8 Å². The Morgan fingerprint density at radius 3 is 2.71 bits per heavy atom. The highest BCUT2D eigenvalue weighted by atomic mass is 79.9. The van der Waals surface area contributed by atoms with Crippen LogP contribution in [0.5, 0.6) is 0 Å². The summed E-state index contributed by atoms with van der Waals surface area (Å²) in [6, 6.07) is 0. The third kappa shape index (κ3) is 0.784. The first kappa shape index (κ1) is 9.04. The van der Waals surface area contributed by atoms with E-state index in [0.717, 1.165) is 0 Å². The minimum Gasteiger partial charge on any atom is -0.297 e. The van der Waals surface area contributed by atoms with E-state index in [0.29, 0.717) is 4.48 Å². The summed E-state index contributed by atoms with van der Waals surface area (Å²) in [4.78, 5) is 23.6. The van der Waals surface area contributed by atoms with Gasteiger partial charge in [-0.05, 0) is 15.9 Å². The molecule has 0 aliphatic heterocycles. The number of allylic oxidation sites excluding steroid dienone is 4. The third-order valence-electron chi connectivity index (χ3n) is 3.35. The Bertz CT molecular complexity index is 424. The molecule has 4 unspecified atom stereocenters. The molecular weight excluding hydrogens is 312 g/mol. The van der Waals surface area contributed by atoms with Crippen LogP contribution in [-0.2, 0) is 9.59 Å². The molecule has 3 aliphatic carbocycles. The van der Waals surface area contributed by atoms with Crippen LogP contribution in [0, 0.1) is 17.8 Å². The highest BCUT2D eigenvalue weighted by Gasteiger charge is 2.63. The van der Waals surface area contributed by atoms with Crippen LogP contribution in [-0.4, -0.2) is 15.9 Å². The second kappa shape index (κ2) is 2.47. The van der Waals surface area contributed by atoms with Gasteiger partial charge < -0.3 is 0 Å². The molecule has 4 atom stereocenters. The van der Waals surface area contributed by atoms with Gasteiger partial charge in [-0.2, -0.15) is 0 Å². The summed E-state index contributed by atoms with van der Waals surface area (Å²) < 4.78 is 0.0191. The Kier molecular flexibility index (Phi) is 1.60. The highest BCUT2D eigenvalue weighted by molar-refractivity contribution is 9.12. The van der Waals surface area contributed by atoms with Crippen LogP contribution < -0.4 is 0 Å². The molecule has 0 aromatic rings. The van der Waals surface area contributed by atoms with Gasteiger partial charge in [0.25, 0.3) is 0 Å². The number of ketones is 2. The lowest BCUT2D eigenvalue weighted by Crippen LogP contribution is -2.29. The summed E-state index contributed by atoms with van der Waals surface area (Å²) in [5.74, 6) is -0.164. The Hall–Kier alpha value is -0.220. The maximum atomic E-state index is 11.8. The summed E-state index contributed by atoms with van der Waals surface area (Å²) in [5.41, 5.74) is 0. The first-order valence-electron chi connectivity index (χ1n) is 4.40. The monoisotopic (exact) mass is 316 g/mol. The van der Waals surface area contributed by atoms with Crippen LogP contribution in [0.2, 0.25) is 0 Å². The minimum absolute atomic E-state index is 0.00637. The lowest BCUT2D eigenvalue weighted by molar-refractivity contribution is -0.124. The summed E-state index contributed by atoms with van der Waals surface area (Å²) in [5, 5.41) is 0. The molecule has 0 heterocycles. The molecule has 0 spiro atoms. The number of hydrogen-bond donors (Lipinski definition) is 0. The molecule has 4 heteroatoms. The van der Waals surface area contributed by atoms with Crippen LogP contribution in [0.4, 0.5) is 0 Å². The van der Waals surface area contributed by atoms with Gasteiger partial charge in [-0.15, -0.1) is 0 Å². The molecule has 14 heavy (non-hydrogen) atoms. The van der Waals surface area contributed by atoms with Gasteiger partial charge in [-0.3, -0.25) is 9.59 Å². The van der Waals surface area contributed by atoms with Crippen molar-refractivity contribution in [3.05, 3.63) is 22.7 Å². The fourth-order valence-corrected chi connectivity index (χ4v) is 4.04. The van der Waals surface area contributed by atoms with Crippen LogP contribution in [0.3, 0.4) is 0 Å². The van der Waals surface area contributed by atoms with Gasteiger partial charge in [0.05, 0.1) is 4.48 Å². The van der Waals surface area contributed by atoms with E-state index in [-0.39, 0.29) is 29.3 Å². The fourth-order valence-electron chi connectivity index (χ4n) is 2.66. The largest absolute Gasteiger partial charge is 0.297 e. The Balaban J connectivity index is 2.18. The number of carbonyl (C=O) groups is 2. The summed E-state index contributed by atoms with van der Waals surface area (Å²) in [6.07, 6.45) is 5.61. The molecule has 1 saturated carbocycles. The SMILES string of the molecule is O=C1C(Br)=CC2C1C1C=CC2(Br)C1=O. The highest BCUT2D eigenvalue weighted by Crippen LogP contribution is 2.57. The molecule has 0 saturated heterocycles. The fraction of sp³-hybridized carbons (Fsp3) is 0.400. The van der Waals surface area contributed by atoms with Crippen LogP contribution in [0.15, 0.2) is 22.7 Å². The molecule has 0 aromatic carbocycles. The topological polar surface area (TPSA) is 34.1 Å². The first-order chi connectivity index (χ1) is 6.55. The maximum absolute atomic E-state index is 11.8. The number of alkyl halides is 1. The lowest BCUT2D eigenvalue weighted by Gasteiger charge is -2.22. The molecule has 2 nitrogen and oxygen atoms in total. The Labute approximate surface area is 97.7 Å². The molecule has 2 bridgehead atoms. The quantitative estimate of drug-likeness (QED) is 0.506. The van der Waals surface area contributed by atoms with Crippen LogP contribution in [0.25, 0.3) is 0 Å². The smallest absolute Gasteiger partial charge is 0.174 e. The van der Waals surface area contributed by atoms with E-state index in [9.17, 15) is 9.59 Å². The van der Waals surface area contributed by atoms with Crippen molar-refractivity contribution in [1.82, 2.24) is 0 Å². The van der Waals surface area contributed by atoms with Gasteiger partial charge >= 0.3 is 0 Å². The van der Waals surface area contributed by atoms with Gasteiger partial charge in [0.1, 0.15) is 4.32 Å². The molecule has 0 N–H and O–H groups in total. The average molecular weight is 318 g/mol.